The van der Waals surface area contributed by atoms with Gasteiger partial charge in [-0.1, -0.05) is 0 Å². The van der Waals surface area contributed by atoms with E-state index in [4.69, 9.17) is 11.8 Å². The fourth-order valence-corrected chi connectivity index (χ4v) is 3.84. The molecule has 0 atom stereocenters. The molecule has 68 valence electrons. The van der Waals surface area contributed by atoms with Gasteiger partial charge in [-0.25, -0.2) is 0 Å². The zero-order valence-corrected chi connectivity index (χ0v) is 8.86. The normalized spacial score (nSPS) is 13.5. The van der Waals surface area contributed by atoms with Crippen molar-refractivity contribution in [3.05, 3.63) is 0 Å². The van der Waals surface area contributed by atoms with Gasteiger partial charge in [0.15, 0.2) is 0 Å². The largest absolute Gasteiger partial charge is 0.325 e. The molecule has 0 heterocycles. The molecule has 0 spiro atoms. The van der Waals surface area contributed by atoms with E-state index in [1.807, 2.05) is 0 Å². The number of rotatable bonds is 4. The Morgan fingerprint density at radius 1 is 1.36 bits per heavy atom. The van der Waals surface area contributed by atoms with Crippen LogP contribution in [0.15, 0.2) is 0 Å². The van der Waals surface area contributed by atoms with E-state index in [0.717, 1.165) is 6.92 Å². The van der Waals surface area contributed by atoms with Gasteiger partial charge in [-0.2, -0.15) is 8.78 Å². The summed E-state index contributed by atoms with van der Waals surface area (Å²) in [4.78, 5) is 0. The van der Waals surface area contributed by atoms with Crippen LogP contribution in [-0.2, 0) is 20.9 Å². The van der Waals surface area contributed by atoms with E-state index in [9.17, 15) is 8.78 Å². The van der Waals surface area contributed by atoms with Crippen LogP contribution < -0.4 is 0 Å². The lowest BCUT2D eigenvalue weighted by atomic mass is 10.9. The average molecular weight is 222 g/mol. The van der Waals surface area contributed by atoms with Crippen molar-refractivity contribution in [2.24, 2.45) is 0 Å². The van der Waals surface area contributed by atoms with Crippen LogP contribution in [0.5, 0.6) is 0 Å². The van der Waals surface area contributed by atoms with Gasteiger partial charge in [0, 0.05) is 32.5 Å². The average Bonchev–Trinajstić information content (AvgIpc) is 1.84. The van der Waals surface area contributed by atoms with E-state index in [1.54, 1.807) is 0 Å². The predicted octanol–water partition coefficient (Wildman–Crippen LogP) is 2.85. The number of halogens is 2. The van der Waals surface area contributed by atoms with Crippen LogP contribution in [-0.4, -0.2) is 19.5 Å². The van der Waals surface area contributed by atoms with Crippen molar-refractivity contribution < 1.29 is 17.8 Å². The van der Waals surface area contributed by atoms with Crippen LogP contribution in [0.25, 0.3) is 0 Å². The molecule has 0 fully saturated rings. The molecule has 0 rings (SSSR count). The standard InChI is InChI=1S/C4H9F2O2PS2/c1-4(5,6)11-9(10,7-2)8-3/h1-3H3. The summed E-state index contributed by atoms with van der Waals surface area (Å²) < 4.78 is 34.0. The van der Waals surface area contributed by atoms with E-state index in [1.165, 1.54) is 14.2 Å². The minimum absolute atomic E-state index is 0.252. The molecule has 0 aliphatic heterocycles. The van der Waals surface area contributed by atoms with Crippen molar-refractivity contribution in [1.29, 1.82) is 0 Å². The maximum absolute atomic E-state index is 12.4. The lowest BCUT2D eigenvalue weighted by molar-refractivity contribution is 0.130. The molecule has 0 N–H and O–H groups in total. The molecule has 0 aromatic heterocycles. The van der Waals surface area contributed by atoms with Crippen LogP contribution in [0.4, 0.5) is 8.78 Å². The minimum atomic E-state index is -2.90. The maximum atomic E-state index is 12.4. The van der Waals surface area contributed by atoms with Crippen LogP contribution >= 0.6 is 17.1 Å². The van der Waals surface area contributed by atoms with E-state index in [0.29, 0.717) is 0 Å². The molecule has 7 heteroatoms. The molecule has 2 nitrogen and oxygen atoms in total. The molecule has 0 aromatic carbocycles. The Labute approximate surface area is 73.6 Å². The van der Waals surface area contributed by atoms with Crippen molar-refractivity contribution in [1.82, 2.24) is 0 Å². The maximum Gasteiger partial charge on any atom is 0.299 e. The molecule has 0 unspecified atom stereocenters. The van der Waals surface area contributed by atoms with E-state index < -0.39 is 10.9 Å². The fourth-order valence-electron chi connectivity index (χ4n) is 0.345. The lowest BCUT2D eigenvalue weighted by Gasteiger charge is -2.19. The third-order valence-electron chi connectivity index (χ3n) is 0.719. The second kappa shape index (κ2) is 4.14. The first-order valence-electron chi connectivity index (χ1n) is 2.63. The summed E-state index contributed by atoms with van der Waals surface area (Å²) >= 11 is 4.95. The van der Waals surface area contributed by atoms with Crippen molar-refractivity contribution in [3.63, 3.8) is 0 Å². The molecule has 11 heavy (non-hydrogen) atoms. The Bertz CT molecular complexity index is 162. The molecule has 0 aromatic rings. The quantitative estimate of drug-likeness (QED) is 0.680. The summed E-state index contributed by atoms with van der Waals surface area (Å²) in [6.45, 7) is 0.761. The van der Waals surface area contributed by atoms with Crippen molar-refractivity contribution in [2.75, 3.05) is 14.2 Å². The van der Waals surface area contributed by atoms with Crippen LogP contribution in [0.2, 0.25) is 0 Å². The summed E-state index contributed by atoms with van der Waals surface area (Å²) in [6.07, 6.45) is 0. The zero-order chi connectivity index (χ0) is 9.12. The van der Waals surface area contributed by atoms with Gasteiger partial charge in [-0.15, -0.1) is 0 Å². The highest BCUT2D eigenvalue weighted by Crippen LogP contribution is 2.65. The molecule has 0 aliphatic rings. The number of hydrogen-bond acceptors (Lipinski definition) is 4. The number of hydrogen-bond donors (Lipinski definition) is 0. The van der Waals surface area contributed by atoms with Gasteiger partial charge in [0.2, 0.25) is 0 Å². The third kappa shape index (κ3) is 5.09. The van der Waals surface area contributed by atoms with Crippen LogP contribution in [0, 0.1) is 0 Å². The van der Waals surface area contributed by atoms with Crippen LogP contribution in [0.3, 0.4) is 0 Å². The first-order chi connectivity index (χ1) is 4.83. The van der Waals surface area contributed by atoms with Crippen molar-refractivity contribution >= 4 is 28.9 Å². The summed E-state index contributed by atoms with van der Waals surface area (Å²) in [5, 5.41) is -2.90. The minimum Gasteiger partial charge on any atom is -0.325 e. The smallest absolute Gasteiger partial charge is 0.299 e. The first-order valence-corrected chi connectivity index (χ1v) is 6.69. The predicted molar refractivity (Wildman–Crippen MR) is 46.5 cm³/mol. The Hall–Kier alpha value is 0.780. The second-order valence-electron chi connectivity index (χ2n) is 1.71. The van der Waals surface area contributed by atoms with Crippen molar-refractivity contribution in [2.45, 2.75) is 12.2 Å². The van der Waals surface area contributed by atoms with Gasteiger partial charge in [0.1, 0.15) is 0 Å². The monoisotopic (exact) mass is 222 g/mol. The lowest BCUT2D eigenvalue weighted by Crippen LogP contribution is -2.02. The summed E-state index contributed by atoms with van der Waals surface area (Å²) in [5.41, 5.74) is -2.80. The highest BCUT2D eigenvalue weighted by atomic mass is 32.9. The number of alkyl halides is 2. The van der Waals surface area contributed by atoms with Gasteiger partial charge < -0.3 is 9.05 Å². The topological polar surface area (TPSA) is 18.5 Å². The van der Waals surface area contributed by atoms with E-state index in [2.05, 4.69) is 9.05 Å². The molecule has 0 saturated carbocycles. The molecule has 0 saturated heterocycles. The Kier molecular flexibility index (Phi) is 4.43. The van der Waals surface area contributed by atoms with Gasteiger partial charge in [0.05, 0.1) is 0 Å². The van der Waals surface area contributed by atoms with E-state index in [-0.39, 0.29) is 11.4 Å². The Morgan fingerprint density at radius 3 is 1.82 bits per heavy atom. The molecule has 0 radical (unpaired) electrons. The van der Waals surface area contributed by atoms with Gasteiger partial charge in [-0.3, -0.25) is 0 Å². The SMILES string of the molecule is COP(=S)(OC)SC(C)(F)F. The molecule has 0 bridgehead atoms. The summed E-state index contributed by atoms with van der Waals surface area (Å²) in [6, 6.07) is 0. The van der Waals surface area contributed by atoms with Crippen LogP contribution in [0.1, 0.15) is 6.92 Å². The Balaban J connectivity index is 4.21. The first kappa shape index (κ1) is 11.8. The molecular weight excluding hydrogens is 213 g/mol. The highest BCUT2D eigenvalue weighted by Gasteiger charge is 2.33. The van der Waals surface area contributed by atoms with E-state index >= 15 is 0 Å². The third-order valence-corrected chi connectivity index (χ3v) is 6.25. The molecule has 0 aliphatic carbocycles. The summed E-state index contributed by atoms with van der Waals surface area (Å²) in [5.74, 6) is 0. The van der Waals surface area contributed by atoms with Gasteiger partial charge in [0.25, 0.3) is 10.9 Å². The molecule has 0 amide bonds. The zero-order valence-electron chi connectivity index (χ0n) is 6.34. The fraction of sp³-hybridized carbons (Fsp3) is 1.00. The van der Waals surface area contributed by atoms with Crippen molar-refractivity contribution in [3.8, 4) is 0 Å². The second-order valence-corrected chi connectivity index (χ2v) is 8.36. The van der Waals surface area contributed by atoms with Gasteiger partial charge >= 0.3 is 0 Å². The highest BCUT2D eigenvalue weighted by molar-refractivity contribution is 8.68. The molecular formula is C4H9F2O2PS2. The Morgan fingerprint density at radius 2 is 1.73 bits per heavy atom. The van der Waals surface area contributed by atoms with Gasteiger partial charge in [-0.05, 0) is 11.8 Å². The summed E-state index contributed by atoms with van der Waals surface area (Å²) in [7, 11) is 2.53.